The van der Waals surface area contributed by atoms with Crippen LogP contribution in [0.3, 0.4) is 0 Å². The second kappa shape index (κ2) is 8.41. The van der Waals surface area contributed by atoms with E-state index in [1.54, 1.807) is 21.3 Å². The van der Waals surface area contributed by atoms with Crippen LogP contribution in [0.4, 0.5) is 0 Å². The zero-order valence-electron chi connectivity index (χ0n) is 11.0. The molecule has 0 saturated heterocycles. The Morgan fingerprint density at radius 1 is 1.29 bits per heavy atom. The van der Waals surface area contributed by atoms with Crippen molar-refractivity contribution in [2.24, 2.45) is 0 Å². The average Bonchev–Trinajstić information content (AvgIpc) is 2.39. The second-order valence-corrected chi connectivity index (χ2v) is 6.60. The van der Waals surface area contributed by atoms with Crippen molar-refractivity contribution in [3.63, 3.8) is 0 Å². The molecule has 0 aromatic rings. The quantitative estimate of drug-likeness (QED) is 0.360. The van der Waals surface area contributed by atoms with Crippen LogP contribution in [0.1, 0.15) is 19.8 Å². The number of hydrogen-bond acceptors (Lipinski definition) is 5. The normalized spacial score (nSPS) is 13.2. The van der Waals surface area contributed by atoms with Crippen molar-refractivity contribution >= 4 is 14.8 Å². The molecule has 0 fully saturated rings. The summed E-state index contributed by atoms with van der Waals surface area (Å²) in [6.07, 6.45) is 2.39. The second-order valence-electron chi connectivity index (χ2n) is 3.51. The van der Waals surface area contributed by atoms with Gasteiger partial charge in [-0.3, -0.25) is 0 Å². The lowest BCUT2D eigenvalue weighted by atomic mass is 10.2. The molecule has 17 heavy (non-hydrogen) atoms. The number of rotatable bonds is 9. The molecular weight excluding hydrogens is 240 g/mol. The van der Waals surface area contributed by atoms with Gasteiger partial charge < -0.3 is 18.0 Å². The highest BCUT2D eigenvalue weighted by Gasteiger charge is 2.38. The van der Waals surface area contributed by atoms with Crippen molar-refractivity contribution in [1.29, 1.82) is 0 Å². The standard InChI is InChI=1S/C11H22O5Si/c1-6-10(16-11(12)7-2)8-9-17(13-3,14-4)15-5/h7,10H,2,6,8-9H2,1,3-5H3. The van der Waals surface area contributed by atoms with E-state index in [4.69, 9.17) is 18.0 Å². The van der Waals surface area contributed by atoms with E-state index in [0.29, 0.717) is 12.5 Å². The molecule has 0 heterocycles. The maximum absolute atomic E-state index is 11.1. The third kappa shape index (κ3) is 5.45. The minimum atomic E-state index is -2.57. The highest BCUT2D eigenvalue weighted by molar-refractivity contribution is 6.60. The van der Waals surface area contributed by atoms with Crippen molar-refractivity contribution in [3.8, 4) is 0 Å². The van der Waals surface area contributed by atoms with Crippen molar-refractivity contribution in [1.82, 2.24) is 0 Å². The summed E-state index contributed by atoms with van der Waals surface area (Å²) >= 11 is 0. The zero-order valence-corrected chi connectivity index (χ0v) is 12.0. The van der Waals surface area contributed by atoms with Gasteiger partial charge in [-0.15, -0.1) is 0 Å². The Labute approximate surface area is 104 Å². The molecule has 6 heteroatoms. The molecule has 0 rings (SSSR count). The van der Waals surface area contributed by atoms with Gasteiger partial charge >= 0.3 is 14.8 Å². The Bertz CT molecular complexity index is 232. The monoisotopic (exact) mass is 262 g/mol. The van der Waals surface area contributed by atoms with Crippen LogP contribution in [-0.4, -0.2) is 42.2 Å². The van der Waals surface area contributed by atoms with E-state index in [2.05, 4.69) is 6.58 Å². The predicted molar refractivity (Wildman–Crippen MR) is 66.6 cm³/mol. The van der Waals surface area contributed by atoms with Gasteiger partial charge in [-0.1, -0.05) is 13.5 Å². The number of carbonyl (C=O) groups is 1. The third-order valence-electron chi connectivity index (χ3n) is 2.61. The van der Waals surface area contributed by atoms with Crippen LogP contribution in [-0.2, 0) is 22.8 Å². The summed E-state index contributed by atoms with van der Waals surface area (Å²) in [6.45, 7) is 5.32. The van der Waals surface area contributed by atoms with Gasteiger partial charge in [0.15, 0.2) is 0 Å². The maximum Gasteiger partial charge on any atom is 0.500 e. The molecule has 100 valence electrons. The van der Waals surface area contributed by atoms with Crippen LogP contribution < -0.4 is 0 Å². The van der Waals surface area contributed by atoms with Gasteiger partial charge in [-0.25, -0.2) is 4.79 Å². The third-order valence-corrected chi connectivity index (χ3v) is 5.38. The molecule has 0 N–H and O–H groups in total. The highest BCUT2D eigenvalue weighted by Crippen LogP contribution is 2.19. The molecule has 1 unspecified atom stereocenters. The van der Waals surface area contributed by atoms with Crippen LogP contribution in [0.5, 0.6) is 0 Å². The van der Waals surface area contributed by atoms with Crippen molar-refractivity contribution in [2.75, 3.05) is 21.3 Å². The van der Waals surface area contributed by atoms with Gasteiger partial charge in [-0.05, 0) is 12.8 Å². The molecule has 0 saturated carbocycles. The molecule has 0 aromatic carbocycles. The summed E-state index contributed by atoms with van der Waals surface area (Å²) in [6, 6.07) is 0.611. The first-order valence-electron chi connectivity index (χ1n) is 5.56. The van der Waals surface area contributed by atoms with Gasteiger partial charge in [0, 0.05) is 33.4 Å². The lowest BCUT2D eigenvalue weighted by molar-refractivity contribution is -0.143. The van der Waals surface area contributed by atoms with E-state index in [-0.39, 0.29) is 6.10 Å². The van der Waals surface area contributed by atoms with E-state index in [0.717, 1.165) is 12.5 Å². The minimum Gasteiger partial charge on any atom is -0.459 e. The Morgan fingerprint density at radius 2 is 1.82 bits per heavy atom. The summed E-state index contributed by atoms with van der Waals surface area (Å²) < 4.78 is 21.1. The fourth-order valence-electron chi connectivity index (χ4n) is 1.45. The summed E-state index contributed by atoms with van der Waals surface area (Å²) in [4.78, 5) is 11.1. The van der Waals surface area contributed by atoms with Crippen LogP contribution >= 0.6 is 0 Å². The minimum absolute atomic E-state index is 0.159. The van der Waals surface area contributed by atoms with E-state index < -0.39 is 14.8 Å². The van der Waals surface area contributed by atoms with E-state index in [1.807, 2.05) is 6.92 Å². The average molecular weight is 262 g/mol. The lowest BCUT2D eigenvalue weighted by Crippen LogP contribution is -2.43. The topological polar surface area (TPSA) is 54.0 Å². The molecule has 0 amide bonds. The Hall–Kier alpha value is -0.693. The number of carbonyl (C=O) groups excluding carboxylic acids is 1. The molecule has 0 bridgehead atoms. The highest BCUT2D eigenvalue weighted by atomic mass is 28.4. The van der Waals surface area contributed by atoms with Crippen LogP contribution in [0.15, 0.2) is 12.7 Å². The molecule has 0 aliphatic heterocycles. The molecule has 0 spiro atoms. The summed E-state index contributed by atoms with van der Waals surface area (Å²) in [5.74, 6) is -0.406. The zero-order chi connectivity index (χ0) is 13.3. The van der Waals surface area contributed by atoms with Crippen LogP contribution in [0.25, 0.3) is 0 Å². The van der Waals surface area contributed by atoms with Gasteiger partial charge in [0.05, 0.1) is 0 Å². The predicted octanol–water partition coefficient (Wildman–Crippen LogP) is 1.76. The van der Waals surface area contributed by atoms with Gasteiger partial charge in [-0.2, -0.15) is 0 Å². The molecule has 0 aliphatic rings. The van der Waals surface area contributed by atoms with Gasteiger partial charge in [0.1, 0.15) is 6.10 Å². The first-order valence-corrected chi connectivity index (χ1v) is 7.49. The molecule has 0 aromatic heterocycles. The van der Waals surface area contributed by atoms with Gasteiger partial charge in [0.2, 0.25) is 0 Å². The van der Waals surface area contributed by atoms with Crippen molar-refractivity contribution < 1.29 is 22.8 Å². The van der Waals surface area contributed by atoms with Crippen LogP contribution in [0, 0.1) is 0 Å². The maximum atomic E-state index is 11.1. The smallest absolute Gasteiger partial charge is 0.459 e. The summed E-state index contributed by atoms with van der Waals surface area (Å²) in [5, 5.41) is 0. The SMILES string of the molecule is C=CC(=O)OC(CC)CC[Si](OC)(OC)OC. The molecule has 5 nitrogen and oxygen atoms in total. The van der Waals surface area contributed by atoms with Crippen LogP contribution in [0.2, 0.25) is 6.04 Å². The fraction of sp³-hybridized carbons (Fsp3) is 0.727. The summed E-state index contributed by atoms with van der Waals surface area (Å²) in [5.41, 5.74) is 0. The first kappa shape index (κ1) is 16.3. The Balaban J connectivity index is 4.29. The summed E-state index contributed by atoms with van der Waals surface area (Å²) in [7, 11) is 2.12. The van der Waals surface area contributed by atoms with Crippen molar-refractivity contribution in [2.45, 2.75) is 31.9 Å². The Morgan fingerprint density at radius 3 is 2.18 bits per heavy atom. The Kier molecular flexibility index (Phi) is 8.06. The van der Waals surface area contributed by atoms with E-state index in [9.17, 15) is 4.79 Å². The molecular formula is C11H22O5Si. The fourth-order valence-corrected chi connectivity index (χ4v) is 3.24. The number of esters is 1. The molecule has 0 aliphatic carbocycles. The largest absolute Gasteiger partial charge is 0.500 e. The first-order chi connectivity index (χ1) is 8.07. The number of ether oxygens (including phenoxy) is 1. The molecule has 0 radical (unpaired) electrons. The van der Waals surface area contributed by atoms with E-state index >= 15 is 0 Å². The van der Waals surface area contributed by atoms with Crippen molar-refractivity contribution in [3.05, 3.63) is 12.7 Å². The number of hydrogen-bond donors (Lipinski definition) is 0. The molecule has 1 atom stereocenters. The van der Waals surface area contributed by atoms with E-state index in [1.165, 1.54) is 0 Å². The van der Waals surface area contributed by atoms with Gasteiger partial charge in [0.25, 0.3) is 0 Å². The lowest BCUT2D eigenvalue weighted by Gasteiger charge is -2.26.